The van der Waals surface area contributed by atoms with Crippen LogP contribution in [0.15, 0.2) is 72.8 Å². The van der Waals surface area contributed by atoms with Crippen LogP contribution in [0, 0.1) is 5.92 Å². The molecule has 0 aliphatic carbocycles. The Labute approximate surface area is 243 Å². The van der Waals surface area contributed by atoms with Gasteiger partial charge in [0, 0.05) is 25.9 Å². The van der Waals surface area contributed by atoms with Gasteiger partial charge in [-0.25, -0.2) is 0 Å². The number of benzene rings is 3. The molecule has 1 atom stereocenters. The second kappa shape index (κ2) is 14.0. The van der Waals surface area contributed by atoms with Gasteiger partial charge >= 0.3 is 0 Å². The van der Waals surface area contributed by atoms with Crippen molar-refractivity contribution in [2.24, 2.45) is 5.92 Å². The molecule has 1 N–H and O–H groups in total. The summed E-state index contributed by atoms with van der Waals surface area (Å²) in [7, 11) is 0. The summed E-state index contributed by atoms with van der Waals surface area (Å²) in [6.45, 7) is 11.5. The molecular weight excluding hydrogens is 527 g/mol. The fourth-order valence-corrected chi connectivity index (χ4v) is 4.70. The standard InChI is InChI=1S/C33H40Cl2N2O2/c1-23(2)21-36-32(39)30(20-25-9-7-6-8-10-25)37(22-26-13-17-28(34)29(35)19-26)31(38)18-14-24-11-15-27(16-12-24)33(3,4)5/h6-13,15-17,19,23,30H,14,18,20-22H2,1-5H3,(H,36,39). The molecule has 4 nitrogen and oxygen atoms in total. The van der Waals surface area contributed by atoms with Gasteiger partial charge < -0.3 is 10.2 Å². The monoisotopic (exact) mass is 566 g/mol. The largest absolute Gasteiger partial charge is 0.354 e. The van der Waals surface area contributed by atoms with E-state index in [9.17, 15) is 9.59 Å². The highest BCUT2D eigenvalue weighted by atomic mass is 35.5. The van der Waals surface area contributed by atoms with Crippen molar-refractivity contribution >= 4 is 35.0 Å². The van der Waals surface area contributed by atoms with Crippen LogP contribution in [0.4, 0.5) is 0 Å². The number of nitrogens with one attached hydrogen (secondary N) is 1. The van der Waals surface area contributed by atoms with Gasteiger partial charge in [-0.3, -0.25) is 9.59 Å². The van der Waals surface area contributed by atoms with Gasteiger partial charge in [0.1, 0.15) is 6.04 Å². The summed E-state index contributed by atoms with van der Waals surface area (Å²) in [5.74, 6) is 0.0544. The van der Waals surface area contributed by atoms with Crippen LogP contribution in [0.1, 0.15) is 63.3 Å². The molecule has 0 aromatic heterocycles. The van der Waals surface area contributed by atoms with E-state index in [0.717, 1.165) is 16.7 Å². The molecule has 6 heteroatoms. The van der Waals surface area contributed by atoms with Crippen LogP contribution in [0.3, 0.4) is 0 Å². The first-order chi connectivity index (χ1) is 18.4. The van der Waals surface area contributed by atoms with Crippen molar-refractivity contribution < 1.29 is 9.59 Å². The van der Waals surface area contributed by atoms with E-state index in [-0.39, 0.29) is 23.8 Å². The predicted molar refractivity (Wildman–Crippen MR) is 162 cm³/mol. The van der Waals surface area contributed by atoms with Crippen molar-refractivity contribution in [3.63, 3.8) is 0 Å². The summed E-state index contributed by atoms with van der Waals surface area (Å²) in [6.07, 6.45) is 1.30. The quantitative estimate of drug-likeness (QED) is 0.259. The van der Waals surface area contributed by atoms with E-state index < -0.39 is 6.04 Å². The minimum absolute atomic E-state index is 0.0685. The van der Waals surface area contributed by atoms with Crippen molar-refractivity contribution in [2.45, 2.75) is 71.9 Å². The van der Waals surface area contributed by atoms with E-state index in [1.165, 1.54) is 5.56 Å². The molecule has 3 rings (SSSR count). The average Bonchev–Trinajstić information content (AvgIpc) is 2.90. The first-order valence-corrected chi connectivity index (χ1v) is 14.3. The lowest BCUT2D eigenvalue weighted by atomic mass is 9.86. The zero-order valence-electron chi connectivity index (χ0n) is 23.6. The normalized spacial score (nSPS) is 12.3. The molecule has 0 aliphatic rings. The number of aryl methyl sites for hydroxylation is 1. The molecule has 0 aliphatic heterocycles. The maximum atomic E-state index is 13.9. The number of rotatable bonds is 11. The summed E-state index contributed by atoms with van der Waals surface area (Å²) < 4.78 is 0. The lowest BCUT2D eigenvalue weighted by molar-refractivity contribution is -0.141. The second-order valence-electron chi connectivity index (χ2n) is 11.6. The fraction of sp³-hybridized carbons (Fsp3) is 0.394. The zero-order valence-corrected chi connectivity index (χ0v) is 25.1. The first-order valence-electron chi connectivity index (χ1n) is 13.6. The number of hydrogen-bond acceptors (Lipinski definition) is 2. The van der Waals surface area contributed by atoms with Crippen LogP contribution >= 0.6 is 23.2 Å². The number of amides is 2. The summed E-state index contributed by atoms with van der Waals surface area (Å²) in [6, 6.07) is 22.9. The van der Waals surface area contributed by atoms with Gasteiger partial charge in [0.25, 0.3) is 0 Å². The fourth-order valence-electron chi connectivity index (χ4n) is 4.38. The van der Waals surface area contributed by atoms with Crippen LogP contribution in [-0.2, 0) is 34.4 Å². The summed E-state index contributed by atoms with van der Waals surface area (Å²) in [4.78, 5) is 29.1. The Morgan fingerprint density at radius 2 is 1.49 bits per heavy atom. The number of halogens is 2. The van der Waals surface area contributed by atoms with Crippen molar-refractivity contribution in [2.75, 3.05) is 6.54 Å². The molecule has 208 valence electrons. The van der Waals surface area contributed by atoms with Crippen molar-refractivity contribution in [1.29, 1.82) is 0 Å². The van der Waals surface area contributed by atoms with Gasteiger partial charge in [0.15, 0.2) is 0 Å². The molecule has 0 saturated carbocycles. The molecular formula is C33H40Cl2N2O2. The highest BCUT2D eigenvalue weighted by Crippen LogP contribution is 2.25. The van der Waals surface area contributed by atoms with Gasteiger partial charge in [-0.05, 0) is 52.1 Å². The maximum Gasteiger partial charge on any atom is 0.243 e. The van der Waals surface area contributed by atoms with E-state index in [2.05, 4.69) is 64.2 Å². The predicted octanol–water partition coefficient (Wildman–Crippen LogP) is 7.64. The third-order valence-corrected chi connectivity index (χ3v) is 7.48. The second-order valence-corrected chi connectivity index (χ2v) is 12.4. The molecule has 0 saturated heterocycles. The lowest BCUT2D eigenvalue weighted by Crippen LogP contribution is -2.51. The van der Waals surface area contributed by atoms with Crippen LogP contribution in [-0.4, -0.2) is 29.3 Å². The van der Waals surface area contributed by atoms with Crippen molar-refractivity contribution in [1.82, 2.24) is 10.2 Å². The Hall–Kier alpha value is -2.82. The first kappa shape index (κ1) is 30.7. The maximum absolute atomic E-state index is 13.9. The lowest BCUT2D eigenvalue weighted by Gasteiger charge is -2.32. The van der Waals surface area contributed by atoms with E-state index in [4.69, 9.17) is 23.2 Å². The number of carbonyl (C=O) groups excluding carboxylic acids is 2. The molecule has 3 aromatic carbocycles. The van der Waals surface area contributed by atoms with Crippen LogP contribution in [0.25, 0.3) is 0 Å². The Morgan fingerprint density at radius 3 is 2.08 bits per heavy atom. The van der Waals surface area contributed by atoms with E-state index >= 15 is 0 Å². The van der Waals surface area contributed by atoms with E-state index in [1.54, 1.807) is 17.0 Å². The smallest absolute Gasteiger partial charge is 0.243 e. The molecule has 0 spiro atoms. The van der Waals surface area contributed by atoms with Crippen LogP contribution in [0.5, 0.6) is 0 Å². The molecule has 39 heavy (non-hydrogen) atoms. The van der Waals surface area contributed by atoms with Gasteiger partial charge in [0.05, 0.1) is 10.0 Å². The number of nitrogens with zero attached hydrogens (tertiary/aromatic N) is 1. The Morgan fingerprint density at radius 1 is 0.846 bits per heavy atom. The van der Waals surface area contributed by atoms with Gasteiger partial charge in [-0.15, -0.1) is 0 Å². The summed E-state index contributed by atoms with van der Waals surface area (Å²) in [5.41, 5.74) is 4.23. The van der Waals surface area contributed by atoms with Gasteiger partial charge in [-0.1, -0.05) is 118 Å². The topological polar surface area (TPSA) is 49.4 Å². The zero-order chi connectivity index (χ0) is 28.6. The Bertz CT molecular complexity index is 1230. The van der Waals surface area contributed by atoms with E-state index in [0.29, 0.717) is 41.8 Å². The van der Waals surface area contributed by atoms with Gasteiger partial charge in [-0.2, -0.15) is 0 Å². The van der Waals surface area contributed by atoms with Crippen LogP contribution in [0.2, 0.25) is 10.0 Å². The van der Waals surface area contributed by atoms with Crippen molar-refractivity contribution in [3.05, 3.63) is 105 Å². The molecule has 0 fully saturated rings. The molecule has 2 amide bonds. The van der Waals surface area contributed by atoms with Crippen molar-refractivity contribution in [3.8, 4) is 0 Å². The number of carbonyl (C=O) groups is 2. The minimum atomic E-state index is -0.670. The molecule has 1 unspecified atom stereocenters. The van der Waals surface area contributed by atoms with Crippen LogP contribution < -0.4 is 5.32 Å². The highest BCUT2D eigenvalue weighted by Gasteiger charge is 2.30. The Balaban J connectivity index is 1.90. The molecule has 0 heterocycles. The third-order valence-electron chi connectivity index (χ3n) is 6.74. The third kappa shape index (κ3) is 9.40. The SMILES string of the molecule is CC(C)CNC(=O)C(Cc1ccccc1)N(Cc1ccc(Cl)c(Cl)c1)C(=O)CCc1ccc(C(C)(C)C)cc1. The minimum Gasteiger partial charge on any atom is -0.354 e. The molecule has 3 aromatic rings. The Kier molecular flexibility index (Phi) is 11.0. The highest BCUT2D eigenvalue weighted by molar-refractivity contribution is 6.42. The van der Waals surface area contributed by atoms with Gasteiger partial charge in [0.2, 0.25) is 11.8 Å². The van der Waals surface area contributed by atoms with E-state index in [1.807, 2.05) is 36.4 Å². The molecule has 0 radical (unpaired) electrons. The summed E-state index contributed by atoms with van der Waals surface area (Å²) in [5, 5.41) is 3.93. The number of hydrogen-bond donors (Lipinski definition) is 1. The average molecular weight is 568 g/mol. The molecule has 0 bridgehead atoms. The summed E-state index contributed by atoms with van der Waals surface area (Å²) >= 11 is 12.5.